The lowest BCUT2D eigenvalue weighted by molar-refractivity contribution is 0.0592. The molecule has 7 nitrogen and oxygen atoms in total. The van der Waals surface area contributed by atoms with Crippen LogP contribution in [0.15, 0.2) is 40.9 Å². The summed E-state index contributed by atoms with van der Waals surface area (Å²) in [4.78, 5) is 22.8. The summed E-state index contributed by atoms with van der Waals surface area (Å²) in [5, 5.41) is 0.393. The number of hydrogen-bond donors (Lipinski definition) is 0. The van der Waals surface area contributed by atoms with Crippen molar-refractivity contribution in [2.45, 2.75) is 40.5 Å². The zero-order valence-corrected chi connectivity index (χ0v) is 22.5. The van der Waals surface area contributed by atoms with Crippen LogP contribution in [-0.4, -0.2) is 39.4 Å². The predicted molar refractivity (Wildman–Crippen MR) is 132 cm³/mol. The van der Waals surface area contributed by atoms with E-state index in [1.807, 2.05) is 33.8 Å². The lowest BCUT2D eigenvalue weighted by atomic mass is 10.1. The van der Waals surface area contributed by atoms with Gasteiger partial charge in [-0.2, -0.15) is 0 Å². The Morgan fingerprint density at radius 3 is 1.67 bits per heavy atom. The summed E-state index contributed by atoms with van der Waals surface area (Å²) in [7, 11) is -0.732. The molecule has 0 aromatic heterocycles. The highest BCUT2D eigenvalue weighted by Crippen LogP contribution is 2.47. The number of hydrogen-bond acceptors (Lipinski definition) is 7. The molecule has 33 heavy (non-hydrogen) atoms. The zero-order chi connectivity index (χ0) is 25.0. The zero-order valence-electron chi connectivity index (χ0n) is 20.0. The third kappa shape index (κ3) is 9.41. The van der Waals surface area contributed by atoms with Crippen molar-refractivity contribution in [3.8, 4) is 0 Å². The maximum atomic E-state index is 13.0. The minimum Gasteiger partial charge on any atom is -0.465 e. The average molecular weight is 543 g/mol. The largest absolute Gasteiger partial charge is 0.465 e. The van der Waals surface area contributed by atoms with Gasteiger partial charge in [-0.3, -0.25) is 4.57 Å². The van der Waals surface area contributed by atoms with E-state index in [0.29, 0.717) is 29.6 Å². The molecular weight excluding hydrogens is 511 g/mol. The molecule has 2 aromatic rings. The minimum atomic E-state index is -3.42. The first-order valence-electron chi connectivity index (χ1n) is 10.5. The molecule has 0 aliphatic rings. The summed E-state index contributed by atoms with van der Waals surface area (Å²) in [6, 6.07) is 10.4. The first-order chi connectivity index (χ1) is 15.6. The van der Waals surface area contributed by atoms with Gasteiger partial charge in [-0.1, -0.05) is 29.8 Å². The van der Waals surface area contributed by atoms with Crippen molar-refractivity contribution in [2.75, 3.05) is 27.4 Å². The maximum absolute atomic E-state index is 13.0. The van der Waals surface area contributed by atoms with Gasteiger partial charge < -0.3 is 18.5 Å². The van der Waals surface area contributed by atoms with E-state index >= 15 is 0 Å². The predicted octanol–water partition coefficient (Wildman–Crippen LogP) is 6.00. The highest BCUT2D eigenvalue weighted by atomic mass is 79.9. The number of aryl methyl sites for hydroxylation is 2. The number of rotatable bonds is 9. The van der Waals surface area contributed by atoms with Crippen LogP contribution in [0.1, 0.15) is 58.5 Å². The molecule has 0 fully saturated rings. The molecular formula is C24H32BrO7P. The lowest BCUT2D eigenvalue weighted by Crippen LogP contribution is -2.15. The van der Waals surface area contributed by atoms with Gasteiger partial charge in [0.05, 0.1) is 43.9 Å². The summed E-state index contributed by atoms with van der Waals surface area (Å²) >= 11 is 3.30. The van der Waals surface area contributed by atoms with Crippen molar-refractivity contribution in [3.05, 3.63) is 63.1 Å². The Morgan fingerprint density at radius 2 is 1.24 bits per heavy atom. The quantitative estimate of drug-likeness (QED) is 0.283. The van der Waals surface area contributed by atoms with Crippen LogP contribution in [-0.2, 0) is 23.1 Å². The van der Waals surface area contributed by atoms with E-state index < -0.39 is 13.6 Å². The van der Waals surface area contributed by atoms with Crippen molar-refractivity contribution >= 4 is 40.8 Å². The molecule has 182 valence electrons. The van der Waals surface area contributed by atoms with Crippen LogP contribution in [0.4, 0.5) is 0 Å². The topological polar surface area (TPSA) is 88.1 Å². The van der Waals surface area contributed by atoms with Crippen LogP contribution < -0.4 is 5.30 Å². The molecule has 0 unspecified atom stereocenters. The van der Waals surface area contributed by atoms with E-state index in [0.717, 1.165) is 28.4 Å². The monoisotopic (exact) mass is 542 g/mol. The standard InChI is InChI=1S/C15H23O5P.C9H9BrO2/c1-5-7-19-21(17,20-8-6-2)14-10-12(3)9-13(11-14)15(16)18-4;1-6-3-7(9(11)12-2)5-8(10)4-6/h9-11H,5-8H2,1-4H3;3-5H,1-2H3. The van der Waals surface area contributed by atoms with Crippen LogP contribution in [0.3, 0.4) is 0 Å². The van der Waals surface area contributed by atoms with Gasteiger partial charge in [-0.05, 0) is 74.2 Å². The van der Waals surface area contributed by atoms with Gasteiger partial charge in [0.25, 0.3) is 0 Å². The van der Waals surface area contributed by atoms with Crippen molar-refractivity contribution in [1.29, 1.82) is 0 Å². The number of carbonyl (C=O) groups excluding carboxylic acids is 2. The molecule has 9 heteroatoms. The molecule has 0 aliphatic carbocycles. The number of esters is 2. The second-order valence-corrected chi connectivity index (χ2v) is 10.2. The van der Waals surface area contributed by atoms with Crippen LogP contribution in [0, 0.1) is 13.8 Å². The Kier molecular flexibility index (Phi) is 12.6. The van der Waals surface area contributed by atoms with E-state index in [1.54, 1.807) is 24.3 Å². The molecule has 0 saturated heterocycles. The summed E-state index contributed by atoms with van der Waals surface area (Å²) in [5.41, 5.74) is 2.75. The number of benzene rings is 2. The Morgan fingerprint density at radius 1 is 0.788 bits per heavy atom. The van der Waals surface area contributed by atoms with Crippen molar-refractivity contribution in [3.63, 3.8) is 0 Å². The normalized spacial score (nSPS) is 10.8. The van der Waals surface area contributed by atoms with Gasteiger partial charge in [-0.25, -0.2) is 9.59 Å². The maximum Gasteiger partial charge on any atom is 0.361 e. The molecule has 0 spiro atoms. The first kappa shape index (κ1) is 29.0. The smallest absolute Gasteiger partial charge is 0.361 e. The summed E-state index contributed by atoms with van der Waals surface area (Å²) < 4.78 is 34.1. The highest BCUT2D eigenvalue weighted by molar-refractivity contribution is 9.10. The Labute approximate surface area is 204 Å². The van der Waals surface area contributed by atoms with E-state index in [-0.39, 0.29) is 5.97 Å². The second-order valence-electron chi connectivity index (χ2n) is 7.22. The van der Waals surface area contributed by atoms with Crippen LogP contribution >= 0.6 is 23.5 Å². The Balaban J connectivity index is 0.000000383. The molecule has 0 saturated carbocycles. The second kappa shape index (κ2) is 14.3. The fourth-order valence-corrected chi connectivity index (χ4v) is 5.22. The third-order valence-electron chi connectivity index (χ3n) is 4.19. The third-order valence-corrected chi connectivity index (χ3v) is 6.59. The number of halogens is 1. The highest BCUT2D eigenvalue weighted by Gasteiger charge is 2.28. The number of methoxy groups -OCH3 is 2. The van der Waals surface area contributed by atoms with Gasteiger partial charge in [-0.15, -0.1) is 0 Å². The van der Waals surface area contributed by atoms with Gasteiger partial charge >= 0.3 is 19.5 Å². The molecule has 2 aromatic carbocycles. The van der Waals surface area contributed by atoms with Gasteiger partial charge in [0.2, 0.25) is 0 Å². The van der Waals surface area contributed by atoms with E-state index in [2.05, 4.69) is 20.7 Å². The van der Waals surface area contributed by atoms with Gasteiger partial charge in [0.15, 0.2) is 0 Å². The van der Waals surface area contributed by atoms with Crippen LogP contribution in [0.2, 0.25) is 0 Å². The average Bonchev–Trinajstić information content (AvgIpc) is 2.79. The molecule has 0 radical (unpaired) electrons. The summed E-state index contributed by atoms with van der Waals surface area (Å²) in [5.74, 6) is -0.781. The van der Waals surface area contributed by atoms with Crippen LogP contribution in [0.5, 0.6) is 0 Å². The summed E-state index contributed by atoms with van der Waals surface area (Å²) in [6.07, 6.45) is 1.46. The molecule has 0 heterocycles. The molecule has 2 rings (SSSR count). The molecule has 0 bridgehead atoms. The lowest BCUT2D eigenvalue weighted by Gasteiger charge is -2.19. The first-order valence-corrected chi connectivity index (χ1v) is 12.9. The molecule has 0 aliphatic heterocycles. The summed E-state index contributed by atoms with van der Waals surface area (Å²) in [6.45, 7) is 8.28. The fraction of sp³-hybridized carbons (Fsp3) is 0.417. The molecule has 0 N–H and O–H groups in total. The van der Waals surface area contributed by atoms with E-state index in [4.69, 9.17) is 13.8 Å². The SMILES string of the molecule is CCCOP(=O)(OCCC)c1cc(C)cc(C(=O)OC)c1.COC(=O)c1cc(C)cc(Br)c1. The molecule has 0 atom stereocenters. The number of carbonyl (C=O) groups is 2. The van der Waals surface area contributed by atoms with Gasteiger partial charge in [0.1, 0.15) is 0 Å². The fourth-order valence-electron chi connectivity index (χ4n) is 2.74. The minimum absolute atomic E-state index is 0.306. The van der Waals surface area contributed by atoms with Crippen molar-refractivity contribution in [1.82, 2.24) is 0 Å². The van der Waals surface area contributed by atoms with Crippen LogP contribution in [0.25, 0.3) is 0 Å². The Hall–Kier alpha value is -1.99. The molecule has 0 amide bonds. The van der Waals surface area contributed by atoms with E-state index in [9.17, 15) is 14.2 Å². The number of ether oxygens (including phenoxy) is 2. The van der Waals surface area contributed by atoms with Crippen molar-refractivity contribution < 1.29 is 32.7 Å². The van der Waals surface area contributed by atoms with Gasteiger partial charge in [0, 0.05) is 4.47 Å². The Bertz CT molecular complexity index is 959. The van der Waals surface area contributed by atoms with E-state index in [1.165, 1.54) is 20.3 Å². The van der Waals surface area contributed by atoms with Crippen molar-refractivity contribution in [2.24, 2.45) is 0 Å².